The lowest BCUT2D eigenvalue weighted by molar-refractivity contribution is -0.153. The van der Waals surface area contributed by atoms with E-state index in [0.29, 0.717) is 0 Å². The molecule has 7 nitrogen and oxygen atoms in total. The van der Waals surface area contributed by atoms with Crippen molar-refractivity contribution in [1.29, 1.82) is 0 Å². The van der Waals surface area contributed by atoms with Crippen LogP contribution in [0.4, 0.5) is 13.2 Å². The maximum absolute atomic E-state index is 12.7. The molecule has 0 aliphatic rings. The molecular formula is C17H18F3NO6. The van der Waals surface area contributed by atoms with Crippen LogP contribution in [0.15, 0.2) is 22.6 Å². The number of hydrogen-bond acceptors (Lipinski definition) is 6. The maximum Gasteiger partial charge on any atom is 0.422 e. The van der Waals surface area contributed by atoms with Crippen LogP contribution in [-0.2, 0) is 9.53 Å². The summed E-state index contributed by atoms with van der Waals surface area (Å²) >= 11 is 0. The number of esters is 1. The molecule has 2 N–H and O–H groups in total. The van der Waals surface area contributed by atoms with Crippen LogP contribution < -0.4 is 10.1 Å². The second-order valence-corrected chi connectivity index (χ2v) is 6.03. The number of rotatable bonds is 6. The average molecular weight is 389 g/mol. The molecule has 0 saturated heterocycles. The first-order chi connectivity index (χ1) is 12.5. The van der Waals surface area contributed by atoms with E-state index in [1.54, 1.807) is 0 Å². The van der Waals surface area contributed by atoms with Gasteiger partial charge in [0.05, 0.1) is 19.3 Å². The highest BCUT2D eigenvalue weighted by Crippen LogP contribution is 2.30. The summed E-state index contributed by atoms with van der Waals surface area (Å²) in [5.41, 5.74) is -1.45. The number of hydrogen-bond donors (Lipinski definition) is 2. The van der Waals surface area contributed by atoms with Gasteiger partial charge in [0.2, 0.25) is 0 Å². The van der Waals surface area contributed by atoms with Gasteiger partial charge in [-0.2, -0.15) is 13.2 Å². The van der Waals surface area contributed by atoms with E-state index in [9.17, 15) is 27.9 Å². The van der Waals surface area contributed by atoms with Crippen LogP contribution in [0.1, 0.15) is 23.0 Å². The molecule has 2 rings (SSSR count). The number of methoxy groups -OCH3 is 1. The van der Waals surface area contributed by atoms with Gasteiger partial charge in [0, 0.05) is 5.39 Å². The molecule has 0 fully saturated rings. The molecule has 1 unspecified atom stereocenters. The SMILES string of the molecule is COC(=O)C(C)(CO)NC(=O)c1c(C)oc2ccc(OCC(F)(F)F)cc12. The van der Waals surface area contributed by atoms with E-state index in [1.807, 2.05) is 0 Å². The summed E-state index contributed by atoms with van der Waals surface area (Å²) in [7, 11) is 1.10. The van der Waals surface area contributed by atoms with Gasteiger partial charge in [-0.25, -0.2) is 4.79 Å². The van der Waals surface area contributed by atoms with E-state index in [0.717, 1.165) is 7.11 Å². The largest absolute Gasteiger partial charge is 0.484 e. The molecule has 0 radical (unpaired) electrons. The Balaban J connectivity index is 2.37. The first-order valence-corrected chi connectivity index (χ1v) is 7.75. The van der Waals surface area contributed by atoms with Crippen molar-refractivity contribution in [3.8, 4) is 5.75 Å². The first kappa shape index (κ1) is 20.6. The number of fused-ring (bicyclic) bond motifs is 1. The number of carbonyl (C=O) groups is 2. The standard InChI is InChI=1S/C17H18F3NO6/c1-9-13(14(23)21-16(2,7-22)15(24)25-3)11-6-10(4-5-12(11)27-9)26-8-17(18,19)20/h4-6,22H,7-8H2,1-3H3,(H,21,23). The van der Waals surface area contributed by atoms with Gasteiger partial charge in [-0.1, -0.05) is 0 Å². The van der Waals surface area contributed by atoms with E-state index >= 15 is 0 Å². The van der Waals surface area contributed by atoms with Crippen molar-refractivity contribution in [2.45, 2.75) is 25.6 Å². The molecule has 10 heteroatoms. The number of ether oxygens (including phenoxy) is 2. The smallest absolute Gasteiger partial charge is 0.422 e. The Labute approximate surface area is 152 Å². The van der Waals surface area contributed by atoms with Gasteiger partial charge in [-0.3, -0.25) is 4.79 Å². The van der Waals surface area contributed by atoms with Crippen LogP contribution in [0.2, 0.25) is 0 Å². The van der Waals surface area contributed by atoms with Gasteiger partial charge in [-0.15, -0.1) is 0 Å². The molecule has 1 heterocycles. The summed E-state index contributed by atoms with van der Waals surface area (Å²) in [6, 6.07) is 3.89. The number of furan rings is 1. The molecule has 1 atom stereocenters. The third kappa shape index (κ3) is 4.51. The van der Waals surface area contributed by atoms with Crippen LogP contribution >= 0.6 is 0 Å². The number of aryl methyl sites for hydroxylation is 1. The Morgan fingerprint density at radius 3 is 2.52 bits per heavy atom. The zero-order chi connectivity index (χ0) is 20.4. The fourth-order valence-electron chi connectivity index (χ4n) is 2.43. The Morgan fingerprint density at radius 1 is 1.30 bits per heavy atom. The number of nitrogens with one attached hydrogen (secondary N) is 1. The lowest BCUT2D eigenvalue weighted by Crippen LogP contribution is -2.55. The summed E-state index contributed by atoms with van der Waals surface area (Å²) in [6.07, 6.45) is -4.51. The second kappa shape index (κ2) is 7.47. The molecule has 0 spiro atoms. The molecule has 0 aliphatic heterocycles. The highest BCUT2D eigenvalue weighted by Gasteiger charge is 2.37. The second-order valence-electron chi connectivity index (χ2n) is 6.03. The highest BCUT2D eigenvalue weighted by molar-refractivity contribution is 6.09. The van der Waals surface area contributed by atoms with Gasteiger partial charge in [-0.05, 0) is 32.0 Å². The number of carbonyl (C=O) groups excluding carboxylic acids is 2. The van der Waals surface area contributed by atoms with Gasteiger partial charge >= 0.3 is 12.1 Å². The first-order valence-electron chi connectivity index (χ1n) is 7.75. The van der Waals surface area contributed by atoms with Crippen molar-refractivity contribution < 1.29 is 41.8 Å². The molecule has 0 aliphatic carbocycles. The Morgan fingerprint density at radius 2 is 1.96 bits per heavy atom. The summed E-state index contributed by atoms with van der Waals surface area (Å²) in [5.74, 6) is -1.55. The normalized spacial score (nSPS) is 13.9. The number of aliphatic hydroxyl groups is 1. The molecule has 1 amide bonds. The summed E-state index contributed by atoms with van der Waals surface area (Å²) in [6.45, 7) is 0.549. The van der Waals surface area contributed by atoms with Crippen LogP contribution in [-0.4, -0.2) is 49.0 Å². The molecule has 1 aromatic heterocycles. The van der Waals surface area contributed by atoms with Gasteiger partial charge in [0.25, 0.3) is 5.91 Å². The molecule has 0 saturated carbocycles. The fraction of sp³-hybridized carbons (Fsp3) is 0.412. The lowest BCUT2D eigenvalue weighted by Gasteiger charge is -2.25. The molecule has 27 heavy (non-hydrogen) atoms. The van der Waals surface area contributed by atoms with E-state index in [-0.39, 0.29) is 28.0 Å². The Hall–Kier alpha value is -2.75. The zero-order valence-electron chi connectivity index (χ0n) is 14.8. The average Bonchev–Trinajstić information content (AvgIpc) is 2.93. The summed E-state index contributed by atoms with van der Waals surface area (Å²) in [4.78, 5) is 24.5. The topological polar surface area (TPSA) is 98.0 Å². The number of alkyl halides is 3. The predicted molar refractivity (Wildman–Crippen MR) is 87.5 cm³/mol. The van der Waals surface area contributed by atoms with Crippen molar-refractivity contribution in [3.05, 3.63) is 29.5 Å². The lowest BCUT2D eigenvalue weighted by atomic mass is 10.0. The maximum atomic E-state index is 12.7. The van der Waals surface area contributed by atoms with Gasteiger partial charge in [0.1, 0.15) is 17.1 Å². The Bertz CT molecular complexity index is 860. The quantitative estimate of drug-likeness (QED) is 0.736. The van der Waals surface area contributed by atoms with Crippen LogP contribution in [0.25, 0.3) is 11.0 Å². The predicted octanol–water partition coefficient (Wildman–Crippen LogP) is 2.34. The van der Waals surface area contributed by atoms with E-state index in [2.05, 4.69) is 14.8 Å². The Kier molecular flexibility index (Phi) is 5.69. The third-order valence-electron chi connectivity index (χ3n) is 3.81. The van der Waals surface area contributed by atoms with Gasteiger partial charge in [0.15, 0.2) is 12.1 Å². The minimum Gasteiger partial charge on any atom is -0.484 e. The number of aliphatic hydroxyl groups excluding tert-OH is 1. The van der Waals surface area contributed by atoms with Crippen LogP contribution in [0, 0.1) is 6.92 Å². The minimum atomic E-state index is -4.51. The number of halogens is 3. The van der Waals surface area contributed by atoms with Gasteiger partial charge < -0.3 is 24.3 Å². The summed E-state index contributed by atoms with van der Waals surface area (Å²) in [5, 5.41) is 12.0. The molecule has 0 bridgehead atoms. The number of amides is 1. The fourth-order valence-corrected chi connectivity index (χ4v) is 2.43. The monoisotopic (exact) mass is 389 g/mol. The molecular weight excluding hydrogens is 371 g/mol. The summed E-state index contributed by atoms with van der Waals surface area (Å²) < 4.78 is 51.7. The molecule has 1 aromatic carbocycles. The minimum absolute atomic E-state index is 0.00559. The van der Waals surface area contributed by atoms with E-state index in [1.165, 1.54) is 32.0 Å². The van der Waals surface area contributed by atoms with E-state index in [4.69, 9.17) is 4.42 Å². The van der Waals surface area contributed by atoms with Crippen molar-refractivity contribution >= 4 is 22.8 Å². The highest BCUT2D eigenvalue weighted by atomic mass is 19.4. The number of benzene rings is 1. The van der Waals surface area contributed by atoms with Crippen molar-refractivity contribution in [2.24, 2.45) is 0 Å². The zero-order valence-corrected chi connectivity index (χ0v) is 14.8. The van der Waals surface area contributed by atoms with Crippen molar-refractivity contribution in [3.63, 3.8) is 0 Å². The van der Waals surface area contributed by atoms with Crippen LogP contribution in [0.3, 0.4) is 0 Å². The molecule has 148 valence electrons. The molecule has 2 aromatic rings. The third-order valence-corrected chi connectivity index (χ3v) is 3.81. The van der Waals surface area contributed by atoms with Crippen LogP contribution in [0.5, 0.6) is 5.75 Å². The van der Waals surface area contributed by atoms with E-state index < -0.39 is 36.8 Å². The van der Waals surface area contributed by atoms with Crippen molar-refractivity contribution in [2.75, 3.05) is 20.3 Å². The van der Waals surface area contributed by atoms with Crippen molar-refractivity contribution in [1.82, 2.24) is 5.32 Å².